The Kier molecular flexibility index (Phi) is 4.19. The largest absolute Gasteiger partial charge is 0.491 e. The zero-order valence-electron chi connectivity index (χ0n) is 12.9. The normalized spacial score (nSPS) is 20.4. The molecule has 0 aliphatic carbocycles. The third-order valence-corrected chi connectivity index (χ3v) is 4.03. The first kappa shape index (κ1) is 15.7. The van der Waals surface area contributed by atoms with Crippen LogP contribution < -0.4 is 5.73 Å². The number of hydrogen-bond acceptors (Lipinski definition) is 5. The third-order valence-electron chi connectivity index (χ3n) is 4.03. The van der Waals surface area contributed by atoms with Gasteiger partial charge in [0.05, 0.1) is 16.8 Å². The highest BCUT2D eigenvalue weighted by molar-refractivity contribution is 6.55. The molecule has 0 atom stereocenters. The van der Waals surface area contributed by atoms with Crippen molar-refractivity contribution in [3.63, 3.8) is 0 Å². The van der Waals surface area contributed by atoms with Gasteiger partial charge in [-0.05, 0) is 44.8 Å². The highest BCUT2D eigenvalue weighted by Gasteiger charge is 2.52. The fraction of sp³-hybridized carbons (Fsp3) is 0.467. The summed E-state index contributed by atoms with van der Waals surface area (Å²) in [4.78, 5) is 4.04. The first-order chi connectivity index (χ1) is 9.79. The van der Waals surface area contributed by atoms with Crippen molar-refractivity contribution in [1.29, 1.82) is 5.26 Å². The second-order valence-corrected chi connectivity index (χ2v) is 6.13. The van der Waals surface area contributed by atoms with Crippen LogP contribution >= 0.6 is 0 Å². The Bertz CT molecular complexity index is 589. The molecule has 1 fully saturated rings. The van der Waals surface area contributed by atoms with E-state index in [4.69, 9.17) is 20.3 Å². The van der Waals surface area contributed by atoms with Crippen LogP contribution in [0.3, 0.4) is 0 Å². The number of nitrogens with two attached hydrogens (primary N) is 1. The van der Waals surface area contributed by atoms with E-state index in [0.29, 0.717) is 12.1 Å². The third kappa shape index (κ3) is 3.16. The Morgan fingerprint density at radius 1 is 1.33 bits per heavy atom. The summed E-state index contributed by atoms with van der Waals surface area (Å²) in [5, 5.41) is 8.92. The molecule has 110 valence electrons. The highest BCUT2D eigenvalue weighted by atomic mass is 16.7. The molecule has 1 saturated heterocycles. The van der Waals surface area contributed by atoms with Gasteiger partial charge in [0, 0.05) is 18.9 Å². The van der Waals surface area contributed by atoms with Crippen LogP contribution in [0.2, 0.25) is 0 Å². The lowest BCUT2D eigenvalue weighted by Gasteiger charge is -2.32. The molecule has 2 heterocycles. The molecule has 1 aromatic heterocycles. The fourth-order valence-electron chi connectivity index (χ4n) is 2.03. The molecule has 1 aromatic rings. The van der Waals surface area contributed by atoms with Crippen molar-refractivity contribution < 1.29 is 9.31 Å². The summed E-state index contributed by atoms with van der Waals surface area (Å²) in [6, 6.07) is 3.83. The van der Waals surface area contributed by atoms with Crippen LogP contribution in [0.5, 0.6) is 0 Å². The van der Waals surface area contributed by atoms with Gasteiger partial charge in [-0.3, -0.25) is 4.98 Å². The molecule has 0 aromatic carbocycles. The quantitative estimate of drug-likeness (QED) is 0.858. The number of rotatable bonds is 3. The van der Waals surface area contributed by atoms with Gasteiger partial charge < -0.3 is 15.0 Å². The number of pyridine rings is 1. The average Bonchev–Trinajstić information content (AvgIpc) is 2.65. The summed E-state index contributed by atoms with van der Waals surface area (Å²) in [5.41, 5.74) is 7.17. The molecule has 0 radical (unpaired) electrons. The maximum Gasteiger partial charge on any atom is 0.491 e. The molecule has 2 rings (SSSR count). The van der Waals surface area contributed by atoms with E-state index in [-0.39, 0.29) is 0 Å². The standard InChI is InChI=1S/C15H20BN3O2/c1-14(2)15(3,4)21-16(20-14)13(8-18)6-11-5-12(7-17)10-19-9-11/h5-6,9-10H,8,18H2,1-4H3. The summed E-state index contributed by atoms with van der Waals surface area (Å²) in [6.45, 7) is 8.31. The molecule has 1 aliphatic rings. The Balaban J connectivity index is 2.29. The van der Waals surface area contributed by atoms with Crippen LogP contribution in [-0.4, -0.2) is 29.8 Å². The Morgan fingerprint density at radius 3 is 2.48 bits per heavy atom. The molecule has 0 bridgehead atoms. The highest BCUT2D eigenvalue weighted by Crippen LogP contribution is 2.38. The van der Waals surface area contributed by atoms with Crippen molar-refractivity contribution in [3.8, 4) is 6.07 Å². The lowest BCUT2D eigenvalue weighted by atomic mass is 9.77. The van der Waals surface area contributed by atoms with Crippen LogP contribution in [0.15, 0.2) is 23.9 Å². The topological polar surface area (TPSA) is 81.2 Å². The van der Waals surface area contributed by atoms with Crippen molar-refractivity contribution in [2.45, 2.75) is 38.9 Å². The first-order valence-electron chi connectivity index (χ1n) is 6.90. The van der Waals surface area contributed by atoms with Gasteiger partial charge in [0.1, 0.15) is 6.07 Å². The monoisotopic (exact) mass is 285 g/mol. The van der Waals surface area contributed by atoms with Crippen molar-refractivity contribution in [1.82, 2.24) is 4.98 Å². The van der Waals surface area contributed by atoms with Gasteiger partial charge in [0.15, 0.2) is 0 Å². The molecule has 0 saturated carbocycles. The molecule has 1 aliphatic heterocycles. The maximum atomic E-state index is 8.92. The molecule has 0 spiro atoms. The van der Waals surface area contributed by atoms with Gasteiger partial charge >= 0.3 is 7.12 Å². The lowest BCUT2D eigenvalue weighted by Crippen LogP contribution is -2.41. The maximum absolute atomic E-state index is 8.92. The van der Waals surface area contributed by atoms with Gasteiger partial charge in [-0.15, -0.1) is 0 Å². The minimum Gasteiger partial charge on any atom is -0.400 e. The average molecular weight is 285 g/mol. The second-order valence-electron chi connectivity index (χ2n) is 6.13. The molecule has 0 unspecified atom stereocenters. The van der Waals surface area contributed by atoms with E-state index in [1.165, 1.54) is 6.20 Å². The van der Waals surface area contributed by atoms with Crippen molar-refractivity contribution in [3.05, 3.63) is 35.1 Å². The zero-order valence-corrected chi connectivity index (χ0v) is 12.9. The van der Waals surface area contributed by atoms with E-state index in [0.717, 1.165) is 11.0 Å². The van der Waals surface area contributed by atoms with E-state index in [1.54, 1.807) is 12.3 Å². The number of aromatic nitrogens is 1. The van der Waals surface area contributed by atoms with Crippen molar-refractivity contribution in [2.75, 3.05) is 6.54 Å². The van der Waals surface area contributed by atoms with Crippen LogP contribution in [0, 0.1) is 11.3 Å². The SMILES string of the molecule is CC1(C)OB(C(=Cc2cncc(C#N)c2)CN)OC1(C)C. The van der Waals surface area contributed by atoms with Gasteiger partial charge in [-0.1, -0.05) is 6.08 Å². The van der Waals surface area contributed by atoms with Crippen LogP contribution in [-0.2, 0) is 9.31 Å². The van der Waals surface area contributed by atoms with Crippen LogP contribution in [0.4, 0.5) is 0 Å². The molecule has 6 heteroatoms. The van der Waals surface area contributed by atoms with Gasteiger partial charge in [-0.2, -0.15) is 5.26 Å². The summed E-state index contributed by atoms with van der Waals surface area (Å²) < 4.78 is 12.0. The summed E-state index contributed by atoms with van der Waals surface area (Å²) in [5.74, 6) is 0. The van der Waals surface area contributed by atoms with E-state index in [2.05, 4.69) is 11.1 Å². The molecule has 5 nitrogen and oxygen atoms in total. The van der Waals surface area contributed by atoms with Crippen LogP contribution in [0.1, 0.15) is 38.8 Å². The summed E-state index contributed by atoms with van der Waals surface area (Å²) in [7, 11) is -0.481. The number of hydrogen-bond donors (Lipinski definition) is 1. The fourth-order valence-corrected chi connectivity index (χ4v) is 2.03. The van der Waals surface area contributed by atoms with E-state index in [9.17, 15) is 0 Å². The van der Waals surface area contributed by atoms with Crippen LogP contribution in [0.25, 0.3) is 6.08 Å². The minimum atomic E-state index is -0.481. The number of nitriles is 1. The predicted octanol–water partition coefficient (Wildman–Crippen LogP) is 1.93. The summed E-state index contributed by atoms with van der Waals surface area (Å²) in [6.07, 6.45) is 5.08. The summed E-state index contributed by atoms with van der Waals surface area (Å²) >= 11 is 0. The first-order valence-corrected chi connectivity index (χ1v) is 6.90. The zero-order chi connectivity index (χ0) is 15.7. The van der Waals surface area contributed by atoms with E-state index < -0.39 is 18.3 Å². The van der Waals surface area contributed by atoms with Gasteiger partial charge in [0.2, 0.25) is 0 Å². The minimum absolute atomic E-state index is 0.313. The lowest BCUT2D eigenvalue weighted by molar-refractivity contribution is 0.00578. The van der Waals surface area contributed by atoms with Gasteiger partial charge in [-0.25, -0.2) is 0 Å². The van der Waals surface area contributed by atoms with Gasteiger partial charge in [0.25, 0.3) is 0 Å². The molecular formula is C15H20BN3O2. The Hall–Kier alpha value is -1.68. The second kappa shape index (κ2) is 5.61. The van der Waals surface area contributed by atoms with E-state index >= 15 is 0 Å². The molecular weight excluding hydrogens is 265 g/mol. The molecule has 21 heavy (non-hydrogen) atoms. The van der Waals surface area contributed by atoms with Crippen molar-refractivity contribution in [2.24, 2.45) is 5.73 Å². The number of nitrogens with zero attached hydrogens (tertiary/aromatic N) is 2. The van der Waals surface area contributed by atoms with Crippen molar-refractivity contribution >= 4 is 13.2 Å². The Labute approximate surface area is 125 Å². The van der Waals surface area contributed by atoms with E-state index in [1.807, 2.05) is 33.8 Å². The molecule has 2 N–H and O–H groups in total. The predicted molar refractivity (Wildman–Crippen MR) is 82.1 cm³/mol. The smallest absolute Gasteiger partial charge is 0.400 e. The molecule has 0 amide bonds. The Morgan fingerprint density at radius 2 is 1.95 bits per heavy atom.